The highest BCUT2D eigenvalue weighted by atomic mass is 32.2. The molecule has 3 fully saturated rings. The van der Waals surface area contributed by atoms with Crippen LogP contribution < -0.4 is 4.90 Å². The number of benzene rings is 1. The molecule has 4 aliphatic rings. The van der Waals surface area contributed by atoms with E-state index in [4.69, 9.17) is 17.0 Å². The number of likely N-dealkylation sites (tertiary alicyclic amines) is 1. The summed E-state index contributed by atoms with van der Waals surface area (Å²) in [5.41, 5.74) is -2.52. The topological polar surface area (TPSA) is 73.3 Å². The lowest BCUT2D eigenvalue weighted by molar-refractivity contribution is -0.258. The van der Waals surface area contributed by atoms with Crippen molar-refractivity contribution in [3.8, 4) is 0 Å². The average molecular weight is 572 g/mol. The number of hydrogen-bond acceptors (Lipinski definition) is 7. The Morgan fingerprint density at radius 1 is 1.08 bits per heavy atom. The third-order valence-electron chi connectivity index (χ3n) is 8.12. The van der Waals surface area contributed by atoms with Gasteiger partial charge in [-0.3, -0.25) is 0 Å². The van der Waals surface area contributed by atoms with E-state index in [0.717, 1.165) is 33.2 Å². The molecule has 1 aromatic rings. The lowest BCUT2D eigenvalue weighted by atomic mass is 9.95. The van der Waals surface area contributed by atoms with Crippen molar-refractivity contribution in [3.63, 3.8) is 0 Å². The summed E-state index contributed by atoms with van der Waals surface area (Å²) < 4.78 is 74.2. The molecule has 7 nitrogen and oxygen atoms in total. The Kier molecular flexibility index (Phi) is 7.51. The van der Waals surface area contributed by atoms with Gasteiger partial charge in [-0.05, 0) is 30.7 Å². The third kappa shape index (κ3) is 5.18. The van der Waals surface area contributed by atoms with Crippen molar-refractivity contribution in [2.24, 2.45) is 11.8 Å². The quantitative estimate of drug-likeness (QED) is 0.527. The Labute approximate surface area is 226 Å². The summed E-state index contributed by atoms with van der Waals surface area (Å²) in [4.78, 5) is 4.96. The van der Waals surface area contributed by atoms with E-state index in [1.54, 1.807) is 24.3 Å². The van der Waals surface area contributed by atoms with Crippen LogP contribution >= 0.6 is 12.2 Å². The van der Waals surface area contributed by atoms with Crippen LogP contribution in [0.1, 0.15) is 18.9 Å². The molecule has 208 valence electrons. The van der Waals surface area contributed by atoms with Crippen LogP contribution in [0, 0.1) is 11.8 Å². The van der Waals surface area contributed by atoms with Crippen molar-refractivity contribution < 1.29 is 31.4 Å². The Balaban J connectivity index is 1.39. The Bertz CT molecular complexity index is 1220. The molecule has 0 spiro atoms. The summed E-state index contributed by atoms with van der Waals surface area (Å²) in [7, 11) is -3.79. The zero-order valence-corrected chi connectivity index (χ0v) is 22.7. The maximum Gasteiger partial charge on any atom is 0.421 e. The van der Waals surface area contributed by atoms with E-state index < -0.39 is 21.8 Å². The number of rotatable bonds is 6. The van der Waals surface area contributed by atoms with Crippen LogP contribution in [-0.2, 0) is 20.4 Å². The van der Waals surface area contributed by atoms with E-state index in [0.29, 0.717) is 41.9 Å². The van der Waals surface area contributed by atoms with Crippen LogP contribution in [0.2, 0.25) is 0 Å². The summed E-state index contributed by atoms with van der Waals surface area (Å²) in [5, 5.41) is 10.1. The van der Waals surface area contributed by atoms with Crippen molar-refractivity contribution in [1.82, 2.24) is 9.21 Å². The highest BCUT2D eigenvalue weighted by molar-refractivity contribution is 7.96. The minimum absolute atomic E-state index is 0.161. The largest absolute Gasteiger partial charge is 0.421 e. The number of aliphatic hydroxyl groups is 1. The number of allylic oxidation sites excluding steroid dienone is 4. The average Bonchev–Trinajstić information content (AvgIpc) is 3.45. The second-order valence-corrected chi connectivity index (χ2v) is 13.1. The monoisotopic (exact) mass is 571 g/mol. The number of fused-ring (bicyclic) bond motifs is 1. The van der Waals surface area contributed by atoms with E-state index >= 15 is 0 Å². The molecule has 1 aliphatic carbocycles. The van der Waals surface area contributed by atoms with Gasteiger partial charge < -0.3 is 19.6 Å². The summed E-state index contributed by atoms with van der Waals surface area (Å²) in [6, 6.07) is 5.50. The lowest BCUT2D eigenvalue weighted by Gasteiger charge is -2.44. The normalized spacial score (nSPS) is 28.9. The number of ether oxygens (including phenoxy) is 1. The zero-order valence-electron chi connectivity index (χ0n) is 21.1. The molecule has 3 saturated heterocycles. The molecule has 0 saturated carbocycles. The molecule has 3 aliphatic heterocycles. The predicted molar refractivity (Wildman–Crippen MR) is 142 cm³/mol. The van der Waals surface area contributed by atoms with E-state index in [2.05, 4.69) is 9.80 Å². The summed E-state index contributed by atoms with van der Waals surface area (Å²) in [6.07, 6.45) is 0.693. The lowest BCUT2D eigenvalue weighted by Crippen LogP contribution is -2.58. The van der Waals surface area contributed by atoms with Crippen molar-refractivity contribution >= 4 is 32.8 Å². The first kappa shape index (κ1) is 27.7. The van der Waals surface area contributed by atoms with Gasteiger partial charge in [-0.15, -0.1) is 0 Å². The first-order valence-electron chi connectivity index (χ1n) is 12.7. The van der Waals surface area contributed by atoms with Crippen LogP contribution in [0.3, 0.4) is 0 Å². The van der Waals surface area contributed by atoms with Gasteiger partial charge in [0.15, 0.2) is 5.60 Å². The van der Waals surface area contributed by atoms with Gasteiger partial charge in [-0.2, -0.15) is 17.5 Å². The van der Waals surface area contributed by atoms with Gasteiger partial charge in [0, 0.05) is 68.1 Å². The Morgan fingerprint density at radius 2 is 1.74 bits per heavy atom. The molecule has 5 rings (SSSR count). The minimum Gasteiger partial charge on any atom is -0.381 e. The Morgan fingerprint density at radius 3 is 2.34 bits per heavy atom. The number of anilines is 1. The van der Waals surface area contributed by atoms with E-state index in [1.165, 1.54) is 16.4 Å². The highest BCUT2D eigenvalue weighted by Gasteiger charge is 2.51. The molecular formula is C26H32F3N3O4S2. The molecule has 0 radical (unpaired) electrons. The van der Waals surface area contributed by atoms with Crippen molar-refractivity contribution in [2.45, 2.75) is 31.2 Å². The fourth-order valence-electron chi connectivity index (χ4n) is 5.81. The SMILES string of the molecule is C[C@](O)(c1ccc(N2CCN(S(=O)(=O)C3=CC=CCC3=S)C[C@@H]2CN2C[C@H]3COC[C@H]3C2)cc1)C(F)(F)F. The summed E-state index contributed by atoms with van der Waals surface area (Å²) in [6.45, 7) is 5.39. The van der Waals surface area contributed by atoms with Gasteiger partial charge in [0.05, 0.1) is 24.2 Å². The predicted octanol–water partition coefficient (Wildman–Crippen LogP) is 3.07. The van der Waals surface area contributed by atoms with Gasteiger partial charge in [-0.1, -0.05) is 36.5 Å². The molecule has 3 heterocycles. The number of hydrogen-bond donors (Lipinski definition) is 1. The maximum atomic E-state index is 13.5. The number of halogens is 3. The molecule has 0 aromatic heterocycles. The second-order valence-electron chi connectivity index (χ2n) is 10.7. The first-order valence-corrected chi connectivity index (χ1v) is 14.6. The number of sulfonamides is 1. The molecule has 0 unspecified atom stereocenters. The van der Waals surface area contributed by atoms with Crippen LogP contribution in [0.25, 0.3) is 0 Å². The maximum absolute atomic E-state index is 13.5. The standard InChI is InChI=1S/C26H32F3N3O4S2/c1-25(33,26(27,28)29)20-6-8-21(9-7-20)32-11-10-31(38(34,35)24-5-3-2-4-23(24)37)15-22(32)14-30-12-18-16-36-17-19(18)13-30/h2-3,5-9,18-19,22,33H,4,10-17H2,1H3/t18-,19+,22-,25-/m0/s1. The molecule has 1 aromatic carbocycles. The molecule has 4 atom stereocenters. The van der Waals surface area contributed by atoms with Crippen LogP contribution in [-0.4, -0.2) is 92.3 Å². The molecule has 12 heteroatoms. The zero-order chi connectivity index (χ0) is 27.3. The smallest absolute Gasteiger partial charge is 0.381 e. The van der Waals surface area contributed by atoms with Crippen LogP contribution in [0.4, 0.5) is 18.9 Å². The van der Waals surface area contributed by atoms with Gasteiger partial charge in [-0.25, -0.2) is 8.42 Å². The van der Waals surface area contributed by atoms with E-state index in [-0.39, 0.29) is 29.6 Å². The van der Waals surface area contributed by atoms with E-state index in [9.17, 15) is 26.7 Å². The van der Waals surface area contributed by atoms with Crippen LogP contribution in [0.5, 0.6) is 0 Å². The third-order valence-corrected chi connectivity index (χ3v) is 10.6. The number of nitrogens with zero attached hydrogens (tertiary/aromatic N) is 3. The summed E-state index contributed by atoms with van der Waals surface area (Å²) >= 11 is 5.35. The minimum atomic E-state index is -4.81. The number of piperazine rings is 1. The highest BCUT2D eigenvalue weighted by Crippen LogP contribution is 2.39. The van der Waals surface area contributed by atoms with Gasteiger partial charge in [0.25, 0.3) is 0 Å². The number of alkyl halides is 3. The van der Waals surface area contributed by atoms with Crippen molar-refractivity contribution in [3.05, 3.63) is 53.0 Å². The molecule has 38 heavy (non-hydrogen) atoms. The Hall–Kier alpha value is -1.83. The second kappa shape index (κ2) is 10.3. The molecule has 0 bridgehead atoms. The van der Waals surface area contributed by atoms with Gasteiger partial charge >= 0.3 is 6.18 Å². The van der Waals surface area contributed by atoms with Gasteiger partial charge in [0.2, 0.25) is 10.0 Å². The van der Waals surface area contributed by atoms with Crippen LogP contribution in [0.15, 0.2) is 47.4 Å². The number of thiocarbonyl (C=S) groups is 1. The van der Waals surface area contributed by atoms with E-state index in [1.807, 2.05) is 6.08 Å². The van der Waals surface area contributed by atoms with Crippen molar-refractivity contribution in [1.29, 1.82) is 0 Å². The molecular weight excluding hydrogens is 539 g/mol. The molecule has 1 N–H and O–H groups in total. The summed E-state index contributed by atoms with van der Waals surface area (Å²) in [5.74, 6) is 0.930. The fraction of sp³-hybridized carbons (Fsp3) is 0.577. The molecule has 0 amide bonds. The van der Waals surface area contributed by atoms with Gasteiger partial charge in [0.1, 0.15) is 0 Å². The van der Waals surface area contributed by atoms with Crippen molar-refractivity contribution in [2.75, 3.05) is 57.4 Å². The fourth-order valence-corrected chi connectivity index (χ4v) is 7.88. The first-order chi connectivity index (χ1) is 17.9.